The maximum absolute atomic E-state index is 12.0. The molecule has 1 rings (SSSR count). The van der Waals surface area contributed by atoms with E-state index in [9.17, 15) is 4.79 Å². The first-order valence-corrected chi connectivity index (χ1v) is 6.21. The minimum Gasteiger partial charge on any atom is -0.468 e. The van der Waals surface area contributed by atoms with Crippen LogP contribution in [0, 0.1) is 11.3 Å². The monoisotopic (exact) mass is 227 g/mol. The molecule has 0 heterocycles. The van der Waals surface area contributed by atoms with Crippen molar-refractivity contribution in [2.75, 3.05) is 13.7 Å². The Hall–Kier alpha value is -0.570. The molecule has 16 heavy (non-hydrogen) atoms. The van der Waals surface area contributed by atoms with Gasteiger partial charge in [0.2, 0.25) is 0 Å². The van der Waals surface area contributed by atoms with Gasteiger partial charge >= 0.3 is 5.97 Å². The van der Waals surface area contributed by atoms with Crippen molar-refractivity contribution in [3.05, 3.63) is 0 Å². The van der Waals surface area contributed by atoms with E-state index in [0.717, 1.165) is 25.8 Å². The normalized spacial score (nSPS) is 33.4. The highest BCUT2D eigenvalue weighted by atomic mass is 16.5. The molecule has 1 saturated carbocycles. The molecule has 0 amide bonds. The van der Waals surface area contributed by atoms with Crippen LogP contribution in [0.1, 0.15) is 47.0 Å². The molecule has 1 N–H and O–H groups in total. The standard InChI is InChI=1S/C13H25NO2/c1-6-14-13(11(15)16-5)8-7-12(3,4)9-10(13)2/h10,14H,6-9H2,1-5H3. The molecule has 1 fully saturated rings. The molecule has 1 aliphatic carbocycles. The van der Waals surface area contributed by atoms with Crippen LogP contribution in [0.2, 0.25) is 0 Å². The van der Waals surface area contributed by atoms with Gasteiger partial charge < -0.3 is 10.1 Å². The molecule has 0 radical (unpaired) electrons. The summed E-state index contributed by atoms with van der Waals surface area (Å²) >= 11 is 0. The van der Waals surface area contributed by atoms with Crippen LogP contribution in [0.3, 0.4) is 0 Å². The van der Waals surface area contributed by atoms with Crippen LogP contribution < -0.4 is 5.32 Å². The predicted molar refractivity (Wildman–Crippen MR) is 65.2 cm³/mol. The Morgan fingerprint density at radius 3 is 2.50 bits per heavy atom. The van der Waals surface area contributed by atoms with Crippen molar-refractivity contribution in [3.8, 4) is 0 Å². The summed E-state index contributed by atoms with van der Waals surface area (Å²) in [6.07, 6.45) is 3.01. The Bertz CT molecular complexity index is 263. The molecular formula is C13H25NO2. The fraction of sp³-hybridized carbons (Fsp3) is 0.923. The first-order chi connectivity index (χ1) is 7.38. The highest BCUT2D eigenvalue weighted by Gasteiger charge is 2.49. The number of esters is 1. The number of hydrogen-bond acceptors (Lipinski definition) is 3. The molecule has 0 aromatic heterocycles. The van der Waals surface area contributed by atoms with Gasteiger partial charge in [-0.05, 0) is 37.1 Å². The minimum absolute atomic E-state index is 0.0997. The molecule has 0 spiro atoms. The zero-order valence-electron chi connectivity index (χ0n) is 11.2. The van der Waals surface area contributed by atoms with Gasteiger partial charge in [-0.15, -0.1) is 0 Å². The van der Waals surface area contributed by atoms with Gasteiger partial charge in [-0.3, -0.25) is 4.79 Å². The molecular weight excluding hydrogens is 202 g/mol. The zero-order valence-corrected chi connectivity index (χ0v) is 11.2. The fourth-order valence-electron chi connectivity index (χ4n) is 3.02. The lowest BCUT2D eigenvalue weighted by molar-refractivity contribution is -0.154. The summed E-state index contributed by atoms with van der Waals surface area (Å²) < 4.78 is 4.98. The van der Waals surface area contributed by atoms with Crippen LogP contribution >= 0.6 is 0 Å². The Balaban J connectivity index is 2.90. The quantitative estimate of drug-likeness (QED) is 0.752. The lowest BCUT2D eigenvalue weighted by atomic mass is 9.63. The van der Waals surface area contributed by atoms with Crippen molar-refractivity contribution in [1.82, 2.24) is 5.32 Å². The van der Waals surface area contributed by atoms with Crippen molar-refractivity contribution in [2.24, 2.45) is 11.3 Å². The molecule has 0 saturated heterocycles. The zero-order chi connectivity index (χ0) is 12.4. The van der Waals surface area contributed by atoms with Crippen LogP contribution in [0.5, 0.6) is 0 Å². The van der Waals surface area contributed by atoms with Crippen molar-refractivity contribution in [2.45, 2.75) is 52.5 Å². The van der Waals surface area contributed by atoms with Crippen LogP contribution in [-0.4, -0.2) is 25.2 Å². The Labute approximate surface area is 98.9 Å². The lowest BCUT2D eigenvalue weighted by Crippen LogP contribution is -2.60. The number of ether oxygens (including phenoxy) is 1. The second-order valence-electron chi connectivity index (χ2n) is 5.76. The van der Waals surface area contributed by atoms with Crippen LogP contribution in [-0.2, 0) is 9.53 Å². The van der Waals surface area contributed by atoms with Gasteiger partial charge in [-0.25, -0.2) is 0 Å². The molecule has 0 aromatic rings. The summed E-state index contributed by atoms with van der Waals surface area (Å²) in [7, 11) is 1.48. The average molecular weight is 227 g/mol. The molecule has 94 valence electrons. The van der Waals surface area contributed by atoms with Crippen molar-refractivity contribution < 1.29 is 9.53 Å². The number of likely N-dealkylation sites (N-methyl/N-ethyl adjacent to an activating group) is 1. The summed E-state index contributed by atoms with van der Waals surface area (Å²) in [5.41, 5.74) is -0.120. The van der Waals surface area contributed by atoms with Gasteiger partial charge in [0, 0.05) is 0 Å². The number of hydrogen-bond donors (Lipinski definition) is 1. The average Bonchev–Trinajstić information content (AvgIpc) is 2.21. The first kappa shape index (κ1) is 13.5. The minimum atomic E-state index is -0.459. The molecule has 1 aliphatic rings. The SMILES string of the molecule is CCNC1(C(=O)OC)CCC(C)(C)CC1C. The fourth-order valence-corrected chi connectivity index (χ4v) is 3.02. The summed E-state index contributed by atoms with van der Waals surface area (Å²) in [6.45, 7) is 9.55. The van der Waals surface area contributed by atoms with E-state index in [2.05, 4.69) is 26.1 Å². The second-order valence-corrected chi connectivity index (χ2v) is 5.76. The van der Waals surface area contributed by atoms with Crippen molar-refractivity contribution in [1.29, 1.82) is 0 Å². The van der Waals surface area contributed by atoms with E-state index in [0.29, 0.717) is 11.3 Å². The molecule has 0 aromatic carbocycles. The molecule has 2 atom stereocenters. The number of carbonyl (C=O) groups is 1. The molecule has 3 nitrogen and oxygen atoms in total. The van der Waals surface area contributed by atoms with Gasteiger partial charge in [0.1, 0.15) is 5.54 Å². The van der Waals surface area contributed by atoms with Gasteiger partial charge in [0.15, 0.2) is 0 Å². The van der Waals surface area contributed by atoms with Crippen LogP contribution in [0.25, 0.3) is 0 Å². The Morgan fingerprint density at radius 1 is 1.44 bits per heavy atom. The van der Waals surface area contributed by atoms with Gasteiger partial charge in [-0.1, -0.05) is 27.7 Å². The number of carbonyl (C=O) groups excluding carboxylic acids is 1. The number of rotatable bonds is 3. The van der Waals surface area contributed by atoms with Crippen molar-refractivity contribution in [3.63, 3.8) is 0 Å². The van der Waals surface area contributed by atoms with Gasteiger partial charge in [0.05, 0.1) is 7.11 Å². The van der Waals surface area contributed by atoms with E-state index in [4.69, 9.17) is 4.74 Å². The Kier molecular flexibility index (Phi) is 4.00. The van der Waals surface area contributed by atoms with Gasteiger partial charge in [0.25, 0.3) is 0 Å². The van der Waals surface area contributed by atoms with Crippen molar-refractivity contribution >= 4 is 5.97 Å². The second kappa shape index (κ2) is 4.74. The molecule has 3 heteroatoms. The largest absolute Gasteiger partial charge is 0.468 e. The summed E-state index contributed by atoms with van der Waals surface area (Å²) in [5, 5.41) is 3.36. The third-order valence-corrected chi connectivity index (χ3v) is 3.94. The van der Waals surface area contributed by atoms with E-state index >= 15 is 0 Å². The van der Waals surface area contributed by atoms with E-state index < -0.39 is 5.54 Å². The molecule has 2 unspecified atom stereocenters. The topological polar surface area (TPSA) is 38.3 Å². The van der Waals surface area contributed by atoms with Crippen LogP contribution in [0.15, 0.2) is 0 Å². The maximum Gasteiger partial charge on any atom is 0.326 e. The van der Waals surface area contributed by atoms with E-state index in [-0.39, 0.29) is 5.97 Å². The number of methoxy groups -OCH3 is 1. The summed E-state index contributed by atoms with van der Waals surface area (Å²) in [5.74, 6) is 0.223. The van der Waals surface area contributed by atoms with E-state index in [1.54, 1.807) is 0 Å². The highest BCUT2D eigenvalue weighted by Crippen LogP contribution is 2.44. The summed E-state index contributed by atoms with van der Waals surface area (Å²) in [4.78, 5) is 12.0. The molecule has 0 aliphatic heterocycles. The molecule has 0 bridgehead atoms. The smallest absolute Gasteiger partial charge is 0.326 e. The van der Waals surface area contributed by atoms with Crippen LogP contribution in [0.4, 0.5) is 0 Å². The van der Waals surface area contributed by atoms with Gasteiger partial charge in [-0.2, -0.15) is 0 Å². The van der Waals surface area contributed by atoms with E-state index in [1.807, 2.05) is 6.92 Å². The first-order valence-electron chi connectivity index (χ1n) is 6.21. The lowest BCUT2D eigenvalue weighted by Gasteiger charge is -2.46. The maximum atomic E-state index is 12.0. The highest BCUT2D eigenvalue weighted by molar-refractivity contribution is 5.81. The van der Waals surface area contributed by atoms with E-state index in [1.165, 1.54) is 7.11 Å². The summed E-state index contributed by atoms with van der Waals surface area (Å²) in [6, 6.07) is 0. The predicted octanol–water partition coefficient (Wildman–Crippen LogP) is 2.35. The third-order valence-electron chi connectivity index (χ3n) is 3.94. The number of nitrogens with one attached hydrogen (secondary N) is 1. The Morgan fingerprint density at radius 2 is 2.06 bits per heavy atom. The third kappa shape index (κ3) is 2.40.